The molecular weight excluding hydrogens is 312 g/mol. The number of hydrogen-bond acceptors (Lipinski definition) is 2. The predicted octanol–water partition coefficient (Wildman–Crippen LogP) is 2.97. The van der Waals surface area contributed by atoms with Crippen molar-refractivity contribution in [3.8, 4) is 11.5 Å². The van der Waals surface area contributed by atoms with Gasteiger partial charge >= 0.3 is 0 Å². The van der Waals surface area contributed by atoms with E-state index in [1.54, 1.807) is 6.07 Å². The van der Waals surface area contributed by atoms with Gasteiger partial charge in [0.25, 0.3) is 0 Å². The van der Waals surface area contributed by atoms with E-state index in [2.05, 4.69) is 5.32 Å². The van der Waals surface area contributed by atoms with Gasteiger partial charge in [-0.3, -0.25) is 0 Å². The van der Waals surface area contributed by atoms with E-state index in [1.165, 1.54) is 17.7 Å². The molecule has 0 amide bonds. The molecular formula is C19H22F2NO2+. The van der Waals surface area contributed by atoms with Gasteiger partial charge in [0.05, 0.1) is 19.8 Å². The zero-order valence-corrected chi connectivity index (χ0v) is 13.9. The maximum absolute atomic E-state index is 13.6. The third-order valence-electron chi connectivity index (χ3n) is 4.26. The fraction of sp³-hybridized carbons (Fsp3) is 0.368. The molecule has 3 nitrogen and oxygen atoms in total. The highest BCUT2D eigenvalue weighted by Crippen LogP contribution is 2.36. The van der Waals surface area contributed by atoms with Crippen molar-refractivity contribution >= 4 is 0 Å². The zero-order valence-electron chi connectivity index (χ0n) is 13.9. The van der Waals surface area contributed by atoms with Crippen LogP contribution in [0.25, 0.3) is 0 Å². The molecule has 0 saturated carbocycles. The van der Waals surface area contributed by atoms with Gasteiger partial charge in [-0.1, -0.05) is 0 Å². The summed E-state index contributed by atoms with van der Waals surface area (Å²) in [5.74, 6) is -0.203. The fourth-order valence-corrected chi connectivity index (χ4v) is 3.21. The number of nitrogens with two attached hydrogens (primary N) is 1. The average molecular weight is 334 g/mol. The summed E-state index contributed by atoms with van der Waals surface area (Å²) < 4.78 is 38.3. The first-order valence-corrected chi connectivity index (χ1v) is 8.34. The first-order valence-electron chi connectivity index (χ1n) is 8.34. The monoisotopic (exact) mass is 334 g/mol. The van der Waals surface area contributed by atoms with E-state index in [9.17, 15) is 8.78 Å². The zero-order chi connectivity index (χ0) is 17.1. The molecule has 1 heterocycles. The Morgan fingerprint density at radius 2 is 1.71 bits per heavy atom. The lowest BCUT2D eigenvalue weighted by molar-refractivity contribution is -0.690. The highest BCUT2D eigenvalue weighted by atomic mass is 19.2. The molecule has 24 heavy (non-hydrogen) atoms. The minimum atomic E-state index is -0.823. The first kappa shape index (κ1) is 16.7. The minimum Gasteiger partial charge on any atom is -0.490 e. The number of halogens is 2. The van der Waals surface area contributed by atoms with E-state index in [1.807, 2.05) is 26.0 Å². The molecule has 0 aromatic heterocycles. The third kappa shape index (κ3) is 3.22. The van der Waals surface area contributed by atoms with Crippen LogP contribution in [0.3, 0.4) is 0 Å². The molecule has 1 aliphatic heterocycles. The summed E-state index contributed by atoms with van der Waals surface area (Å²) in [4.78, 5) is 0. The second-order valence-electron chi connectivity index (χ2n) is 5.79. The highest BCUT2D eigenvalue weighted by molar-refractivity contribution is 5.50. The van der Waals surface area contributed by atoms with Gasteiger partial charge in [0.1, 0.15) is 6.04 Å². The molecule has 0 unspecified atom stereocenters. The third-order valence-corrected chi connectivity index (χ3v) is 4.26. The molecule has 1 aliphatic rings. The van der Waals surface area contributed by atoms with Crippen LogP contribution in [0.15, 0.2) is 30.3 Å². The number of fused-ring (bicyclic) bond motifs is 1. The quantitative estimate of drug-likeness (QED) is 0.912. The van der Waals surface area contributed by atoms with Crippen LogP contribution in [0, 0.1) is 11.6 Å². The molecule has 0 fully saturated rings. The van der Waals surface area contributed by atoms with Crippen molar-refractivity contribution < 1.29 is 23.6 Å². The molecule has 0 bridgehead atoms. The van der Waals surface area contributed by atoms with Gasteiger partial charge in [-0.25, -0.2) is 8.78 Å². The van der Waals surface area contributed by atoms with E-state index in [4.69, 9.17) is 9.47 Å². The lowest BCUT2D eigenvalue weighted by Gasteiger charge is -2.26. The van der Waals surface area contributed by atoms with Crippen molar-refractivity contribution in [1.82, 2.24) is 0 Å². The molecule has 1 atom stereocenters. The Morgan fingerprint density at radius 3 is 2.38 bits per heavy atom. The average Bonchev–Trinajstić information content (AvgIpc) is 2.58. The van der Waals surface area contributed by atoms with Crippen LogP contribution in [-0.2, 0) is 6.42 Å². The van der Waals surface area contributed by atoms with Crippen LogP contribution in [-0.4, -0.2) is 19.8 Å². The molecule has 0 radical (unpaired) electrons. The second kappa shape index (κ2) is 7.18. The molecule has 0 saturated heterocycles. The van der Waals surface area contributed by atoms with E-state index in [-0.39, 0.29) is 6.04 Å². The van der Waals surface area contributed by atoms with Crippen LogP contribution < -0.4 is 14.8 Å². The van der Waals surface area contributed by atoms with Crippen LogP contribution >= 0.6 is 0 Å². The van der Waals surface area contributed by atoms with Crippen molar-refractivity contribution in [3.63, 3.8) is 0 Å². The summed E-state index contributed by atoms with van der Waals surface area (Å²) in [6.07, 6.45) is 0.905. The fourth-order valence-electron chi connectivity index (χ4n) is 3.21. The Balaban J connectivity index is 2.05. The second-order valence-corrected chi connectivity index (χ2v) is 5.79. The summed E-state index contributed by atoms with van der Waals surface area (Å²) in [5.41, 5.74) is 2.99. The van der Waals surface area contributed by atoms with Crippen molar-refractivity contribution in [3.05, 3.63) is 58.7 Å². The van der Waals surface area contributed by atoms with Gasteiger partial charge in [-0.05, 0) is 49.7 Å². The van der Waals surface area contributed by atoms with Gasteiger partial charge in [0.2, 0.25) is 0 Å². The van der Waals surface area contributed by atoms with Crippen LogP contribution in [0.4, 0.5) is 8.78 Å². The Morgan fingerprint density at radius 1 is 1.00 bits per heavy atom. The number of ether oxygens (including phenoxy) is 2. The summed E-state index contributed by atoms with van der Waals surface area (Å²) in [6, 6.07) is 8.03. The summed E-state index contributed by atoms with van der Waals surface area (Å²) >= 11 is 0. The first-order chi connectivity index (χ1) is 11.6. The Hall–Kier alpha value is -2.14. The Labute approximate surface area is 140 Å². The summed E-state index contributed by atoms with van der Waals surface area (Å²) in [6.45, 7) is 5.85. The van der Waals surface area contributed by atoms with Gasteiger partial charge in [-0.15, -0.1) is 0 Å². The van der Waals surface area contributed by atoms with Crippen molar-refractivity contribution in [2.75, 3.05) is 19.8 Å². The molecule has 128 valence electrons. The lowest BCUT2D eigenvalue weighted by Crippen LogP contribution is -2.87. The van der Waals surface area contributed by atoms with Gasteiger partial charge < -0.3 is 14.8 Å². The smallest absolute Gasteiger partial charge is 0.161 e. The number of rotatable bonds is 5. The maximum atomic E-state index is 13.6. The van der Waals surface area contributed by atoms with Gasteiger partial charge in [0.15, 0.2) is 23.1 Å². The Bertz CT molecular complexity index is 734. The van der Waals surface area contributed by atoms with Crippen LogP contribution in [0.2, 0.25) is 0 Å². The van der Waals surface area contributed by atoms with E-state index in [0.717, 1.165) is 29.8 Å². The van der Waals surface area contributed by atoms with Gasteiger partial charge in [0, 0.05) is 17.5 Å². The Kier molecular flexibility index (Phi) is 5.00. The molecule has 2 aromatic carbocycles. The number of benzene rings is 2. The minimum absolute atomic E-state index is 0.0706. The molecule has 5 heteroatoms. The summed E-state index contributed by atoms with van der Waals surface area (Å²) in [7, 11) is 0. The normalized spacial score (nSPS) is 16.6. The van der Waals surface area contributed by atoms with Crippen molar-refractivity contribution in [1.29, 1.82) is 0 Å². The number of hydrogen-bond donors (Lipinski definition) is 1. The molecule has 3 rings (SSSR count). The molecule has 2 N–H and O–H groups in total. The topological polar surface area (TPSA) is 35.1 Å². The van der Waals surface area contributed by atoms with Crippen LogP contribution in [0.5, 0.6) is 11.5 Å². The largest absolute Gasteiger partial charge is 0.490 e. The predicted molar refractivity (Wildman–Crippen MR) is 87.5 cm³/mol. The molecule has 2 aromatic rings. The molecule has 0 aliphatic carbocycles. The lowest BCUT2D eigenvalue weighted by atomic mass is 9.89. The highest BCUT2D eigenvalue weighted by Gasteiger charge is 2.28. The molecule has 0 spiro atoms. The van der Waals surface area contributed by atoms with Crippen molar-refractivity contribution in [2.24, 2.45) is 0 Å². The standard InChI is InChI=1S/C19H21F2NO2/c1-3-23-17-10-12-7-8-22-19(14(12)11-18(17)24-4-2)13-5-6-15(20)16(21)9-13/h5-6,9-11,19,22H,3-4,7-8H2,1-2H3/p+1/t19-/m0/s1. The van der Waals surface area contributed by atoms with E-state index < -0.39 is 11.6 Å². The maximum Gasteiger partial charge on any atom is 0.161 e. The summed E-state index contributed by atoms with van der Waals surface area (Å²) in [5, 5.41) is 2.14. The number of quaternary nitrogens is 1. The van der Waals surface area contributed by atoms with E-state index >= 15 is 0 Å². The van der Waals surface area contributed by atoms with E-state index in [0.29, 0.717) is 19.0 Å². The SMILES string of the molecule is CCOc1cc2c(cc1OCC)[C@H](c1ccc(F)c(F)c1)[NH2+]CC2. The van der Waals surface area contributed by atoms with Crippen molar-refractivity contribution in [2.45, 2.75) is 26.3 Å². The van der Waals surface area contributed by atoms with Gasteiger partial charge in [-0.2, -0.15) is 0 Å². The van der Waals surface area contributed by atoms with Crippen LogP contribution in [0.1, 0.15) is 36.6 Å².